The molecule has 0 aliphatic carbocycles. The fourth-order valence-corrected chi connectivity index (χ4v) is 4.61. The number of carbonyl (C=O) groups is 1. The SMILES string of the molecule is O=C(NC(=S)N1CCN(c2c(Cl)cccc2[N+](=O)[O-])CC1)c1cccc2c(Cl)cccc12. The molecule has 1 heterocycles. The number of nitro benzene ring substituents is 1. The molecule has 7 nitrogen and oxygen atoms in total. The zero-order chi connectivity index (χ0) is 22.8. The molecule has 32 heavy (non-hydrogen) atoms. The minimum atomic E-state index is -0.436. The second-order valence-corrected chi connectivity index (χ2v) is 8.44. The number of rotatable bonds is 3. The first-order valence-electron chi connectivity index (χ1n) is 9.82. The molecule has 0 radical (unpaired) electrons. The number of amides is 1. The standard InChI is InChI=1S/C22H18Cl2N4O3S/c23-17-7-2-4-14-15(17)5-1-6-16(14)21(29)25-22(32)27-12-10-26(11-13-27)20-18(24)8-3-9-19(20)28(30)31/h1-9H,10-13H2,(H,25,29,32). The summed E-state index contributed by atoms with van der Waals surface area (Å²) in [5.41, 5.74) is 0.857. The second kappa shape index (κ2) is 9.28. The molecule has 164 valence electrons. The lowest BCUT2D eigenvalue weighted by atomic mass is 10.0. The van der Waals surface area contributed by atoms with E-state index in [9.17, 15) is 14.9 Å². The summed E-state index contributed by atoms with van der Waals surface area (Å²) in [7, 11) is 0. The van der Waals surface area contributed by atoms with Crippen molar-refractivity contribution in [1.29, 1.82) is 0 Å². The van der Waals surface area contributed by atoms with E-state index in [2.05, 4.69) is 5.32 Å². The molecule has 1 aliphatic rings. The number of piperazine rings is 1. The van der Waals surface area contributed by atoms with Crippen LogP contribution in [-0.4, -0.2) is 47.0 Å². The van der Waals surface area contributed by atoms with Crippen LogP contribution in [0.25, 0.3) is 10.8 Å². The molecule has 1 fully saturated rings. The number of benzene rings is 3. The highest BCUT2D eigenvalue weighted by Crippen LogP contribution is 2.35. The summed E-state index contributed by atoms with van der Waals surface area (Å²) in [5.74, 6) is -0.313. The van der Waals surface area contributed by atoms with Crippen LogP contribution in [0.5, 0.6) is 0 Å². The Bertz CT molecular complexity index is 1230. The van der Waals surface area contributed by atoms with Crippen molar-refractivity contribution >= 4 is 68.6 Å². The summed E-state index contributed by atoms with van der Waals surface area (Å²) in [5, 5.41) is 16.9. The Morgan fingerprint density at radius 3 is 2.28 bits per heavy atom. The van der Waals surface area contributed by atoms with Gasteiger partial charge in [-0.15, -0.1) is 0 Å². The third-order valence-electron chi connectivity index (χ3n) is 5.38. The zero-order valence-corrected chi connectivity index (χ0v) is 19.1. The Kier molecular flexibility index (Phi) is 6.45. The molecular formula is C22H18Cl2N4O3S. The highest BCUT2D eigenvalue weighted by molar-refractivity contribution is 7.80. The summed E-state index contributed by atoms with van der Waals surface area (Å²) >= 11 is 18.0. The van der Waals surface area contributed by atoms with Gasteiger partial charge in [0.1, 0.15) is 5.69 Å². The maximum atomic E-state index is 12.9. The molecule has 0 aromatic heterocycles. The Labute approximate surface area is 199 Å². The van der Waals surface area contributed by atoms with Crippen LogP contribution in [0, 0.1) is 10.1 Å². The quantitative estimate of drug-likeness (QED) is 0.321. The van der Waals surface area contributed by atoms with E-state index in [1.165, 1.54) is 6.07 Å². The number of hydrogen-bond donors (Lipinski definition) is 1. The number of hydrogen-bond acceptors (Lipinski definition) is 5. The Hall–Kier alpha value is -2.94. The van der Waals surface area contributed by atoms with Crippen molar-refractivity contribution in [3.05, 3.63) is 80.3 Å². The number of thiocarbonyl (C=S) groups is 1. The molecule has 0 bridgehead atoms. The number of nitrogens with one attached hydrogen (secondary N) is 1. The van der Waals surface area contributed by atoms with Crippen LogP contribution in [0.15, 0.2) is 54.6 Å². The molecule has 1 N–H and O–H groups in total. The molecule has 1 amide bonds. The number of halogens is 2. The molecule has 4 rings (SSSR count). The largest absolute Gasteiger partial charge is 0.361 e. The molecule has 10 heteroatoms. The Morgan fingerprint density at radius 2 is 1.56 bits per heavy atom. The van der Waals surface area contributed by atoms with E-state index in [-0.39, 0.29) is 11.6 Å². The normalized spacial score (nSPS) is 13.8. The summed E-state index contributed by atoms with van der Waals surface area (Å²) < 4.78 is 0. The third kappa shape index (κ3) is 4.34. The van der Waals surface area contributed by atoms with Gasteiger partial charge in [-0.2, -0.15) is 0 Å². The first kappa shape index (κ1) is 22.3. The van der Waals surface area contributed by atoms with Gasteiger partial charge in [0.25, 0.3) is 11.6 Å². The number of para-hydroxylation sites is 1. The summed E-state index contributed by atoms with van der Waals surface area (Å²) in [6, 6.07) is 15.4. The van der Waals surface area contributed by atoms with Gasteiger partial charge in [0.05, 0.1) is 9.95 Å². The van der Waals surface area contributed by atoms with Crippen LogP contribution >= 0.6 is 35.4 Å². The van der Waals surface area contributed by atoms with Gasteiger partial charge in [0.2, 0.25) is 0 Å². The lowest BCUT2D eigenvalue weighted by Gasteiger charge is -2.37. The average molecular weight is 489 g/mol. The van der Waals surface area contributed by atoms with Gasteiger partial charge < -0.3 is 9.80 Å². The van der Waals surface area contributed by atoms with Crippen molar-refractivity contribution in [1.82, 2.24) is 10.2 Å². The van der Waals surface area contributed by atoms with Crippen molar-refractivity contribution in [3.8, 4) is 0 Å². The topological polar surface area (TPSA) is 78.7 Å². The van der Waals surface area contributed by atoms with E-state index in [1.54, 1.807) is 36.4 Å². The predicted octanol–water partition coefficient (Wildman–Crippen LogP) is 4.89. The molecule has 0 unspecified atom stereocenters. The van der Waals surface area contributed by atoms with Crippen molar-refractivity contribution in [2.75, 3.05) is 31.1 Å². The van der Waals surface area contributed by atoms with E-state index in [4.69, 9.17) is 35.4 Å². The summed E-state index contributed by atoms with van der Waals surface area (Å²) in [6.45, 7) is 1.93. The van der Waals surface area contributed by atoms with Gasteiger partial charge in [-0.05, 0) is 35.8 Å². The summed E-state index contributed by atoms with van der Waals surface area (Å²) in [4.78, 5) is 27.6. The third-order valence-corrected chi connectivity index (χ3v) is 6.37. The molecular weight excluding hydrogens is 471 g/mol. The fraction of sp³-hybridized carbons (Fsp3) is 0.182. The van der Waals surface area contributed by atoms with Crippen molar-refractivity contribution in [3.63, 3.8) is 0 Å². The minimum Gasteiger partial charge on any atom is -0.361 e. The van der Waals surface area contributed by atoms with E-state index in [0.717, 1.165) is 10.8 Å². The molecule has 3 aromatic rings. The summed E-state index contributed by atoms with van der Waals surface area (Å²) in [6.07, 6.45) is 0. The Morgan fingerprint density at radius 1 is 0.938 bits per heavy atom. The van der Waals surface area contributed by atoms with Gasteiger partial charge >= 0.3 is 0 Å². The highest BCUT2D eigenvalue weighted by atomic mass is 35.5. The fourth-order valence-electron chi connectivity index (χ4n) is 3.81. The molecule has 1 saturated heterocycles. The molecule has 3 aromatic carbocycles. The minimum absolute atomic E-state index is 0.0311. The number of carbonyl (C=O) groups excluding carboxylic acids is 1. The van der Waals surface area contributed by atoms with Gasteiger partial charge in [0.15, 0.2) is 5.11 Å². The van der Waals surface area contributed by atoms with Crippen LogP contribution in [-0.2, 0) is 0 Å². The number of anilines is 1. The van der Waals surface area contributed by atoms with Crippen LogP contribution in [0.3, 0.4) is 0 Å². The number of nitro groups is 1. The van der Waals surface area contributed by atoms with Crippen molar-refractivity contribution in [2.24, 2.45) is 0 Å². The van der Waals surface area contributed by atoms with E-state index < -0.39 is 4.92 Å². The number of fused-ring (bicyclic) bond motifs is 1. The first-order valence-corrected chi connectivity index (χ1v) is 11.0. The maximum absolute atomic E-state index is 12.9. The molecule has 0 saturated carbocycles. The van der Waals surface area contributed by atoms with E-state index in [0.29, 0.717) is 52.6 Å². The Balaban J connectivity index is 1.45. The van der Waals surface area contributed by atoms with E-state index >= 15 is 0 Å². The molecule has 1 aliphatic heterocycles. The monoisotopic (exact) mass is 488 g/mol. The van der Waals surface area contributed by atoms with Crippen LogP contribution in [0.1, 0.15) is 10.4 Å². The maximum Gasteiger partial charge on any atom is 0.294 e. The zero-order valence-electron chi connectivity index (χ0n) is 16.8. The van der Waals surface area contributed by atoms with Gasteiger partial charge in [-0.3, -0.25) is 20.2 Å². The van der Waals surface area contributed by atoms with Crippen LogP contribution in [0.4, 0.5) is 11.4 Å². The first-order chi connectivity index (χ1) is 15.4. The van der Waals surface area contributed by atoms with Crippen LogP contribution in [0.2, 0.25) is 10.0 Å². The molecule has 0 spiro atoms. The van der Waals surface area contributed by atoms with Gasteiger partial charge in [0, 0.05) is 48.2 Å². The lowest BCUT2D eigenvalue weighted by molar-refractivity contribution is -0.384. The second-order valence-electron chi connectivity index (χ2n) is 7.24. The molecule has 0 atom stereocenters. The van der Waals surface area contributed by atoms with E-state index in [1.807, 2.05) is 21.9 Å². The smallest absolute Gasteiger partial charge is 0.294 e. The van der Waals surface area contributed by atoms with Gasteiger partial charge in [-0.1, -0.05) is 53.5 Å². The van der Waals surface area contributed by atoms with Crippen molar-refractivity contribution in [2.45, 2.75) is 0 Å². The highest BCUT2D eigenvalue weighted by Gasteiger charge is 2.27. The van der Waals surface area contributed by atoms with Crippen LogP contribution < -0.4 is 10.2 Å². The average Bonchev–Trinajstić information content (AvgIpc) is 2.79. The predicted molar refractivity (Wildman–Crippen MR) is 131 cm³/mol. The van der Waals surface area contributed by atoms with Crippen molar-refractivity contribution < 1.29 is 9.72 Å². The lowest BCUT2D eigenvalue weighted by Crippen LogP contribution is -2.52. The van der Waals surface area contributed by atoms with Gasteiger partial charge in [-0.25, -0.2) is 0 Å². The number of nitrogens with zero attached hydrogens (tertiary/aromatic N) is 3.